The van der Waals surface area contributed by atoms with Crippen molar-refractivity contribution < 1.29 is 4.42 Å². The molecule has 3 aromatic rings. The second-order valence-corrected chi connectivity index (χ2v) is 5.23. The molecule has 1 unspecified atom stereocenters. The number of halogens is 1. The minimum absolute atomic E-state index is 0.109. The number of rotatable bonds is 3. The first-order valence-corrected chi connectivity index (χ1v) is 6.63. The van der Waals surface area contributed by atoms with Gasteiger partial charge in [0.1, 0.15) is 0 Å². The van der Waals surface area contributed by atoms with Crippen molar-refractivity contribution in [2.24, 2.45) is 0 Å². The highest BCUT2D eigenvalue weighted by molar-refractivity contribution is 9.10. The Morgan fingerprint density at radius 2 is 2.05 bits per heavy atom. The average Bonchev–Trinajstić information content (AvgIpc) is 2.97. The summed E-state index contributed by atoms with van der Waals surface area (Å²) in [6.07, 6.45) is 3.36. The predicted octanol–water partition coefficient (Wildman–Crippen LogP) is 3.38. The SMILES string of the molecule is CC(Nc1cc2[nH]c(=O)[nH]c2cc1Br)c1ccoc1. The zero-order valence-electron chi connectivity index (χ0n) is 10.2. The van der Waals surface area contributed by atoms with Gasteiger partial charge in [-0.3, -0.25) is 0 Å². The second-order valence-electron chi connectivity index (χ2n) is 4.38. The van der Waals surface area contributed by atoms with E-state index in [-0.39, 0.29) is 11.7 Å². The summed E-state index contributed by atoms with van der Waals surface area (Å²) < 4.78 is 5.97. The summed E-state index contributed by atoms with van der Waals surface area (Å²) in [7, 11) is 0. The molecule has 98 valence electrons. The van der Waals surface area contributed by atoms with Gasteiger partial charge in [-0.05, 0) is 41.1 Å². The Labute approximate surface area is 117 Å². The first kappa shape index (κ1) is 12.1. The smallest absolute Gasteiger partial charge is 0.323 e. The number of furan rings is 1. The van der Waals surface area contributed by atoms with Crippen LogP contribution in [0.25, 0.3) is 11.0 Å². The summed E-state index contributed by atoms with van der Waals surface area (Å²) in [5, 5.41) is 3.37. The number of nitrogens with one attached hydrogen (secondary N) is 3. The Hall–Kier alpha value is -1.95. The highest BCUT2D eigenvalue weighted by Gasteiger charge is 2.10. The fourth-order valence-electron chi connectivity index (χ4n) is 2.00. The van der Waals surface area contributed by atoms with Gasteiger partial charge in [0.15, 0.2) is 0 Å². The fraction of sp³-hybridized carbons (Fsp3) is 0.154. The lowest BCUT2D eigenvalue weighted by atomic mass is 10.1. The molecule has 1 atom stereocenters. The molecule has 5 nitrogen and oxygen atoms in total. The molecule has 2 heterocycles. The van der Waals surface area contributed by atoms with Crippen molar-refractivity contribution in [3.63, 3.8) is 0 Å². The van der Waals surface area contributed by atoms with Gasteiger partial charge in [-0.15, -0.1) is 0 Å². The maximum atomic E-state index is 11.3. The fourth-order valence-corrected chi connectivity index (χ4v) is 2.46. The van der Waals surface area contributed by atoms with E-state index in [4.69, 9.17) is 4.42 Å². The summed E-state index contributed by atoms with van der Waals surface area (Å²) >= 11 is 3.50. The van der Waals surface area contributed by atoms with Crippen molar-refractivity contribution in [3.05, 3.63) is 51.2 Å². The van der Waals surface area contributed by atoms with Crippen molar-refractivity contribution in [3.8, 4) is 0 Å². The van der Waals surface area contributed by atoms with Gasteiger partial charge in [-0.2, -0.15) is 0 Å². The molecule has 19 heavy (non-hydrogen) atoms. The number of anilines is 1. The lowest BCUT2D eigenvalue weighted by Crippen LogP contribution is -2.06. The Bertz CT molecular complexity index is 758. The maximum absolute atomic E-state index is 11.3. The van der Waals surface area contributed by atoms with Gasteiger partial charge in [0.05, 0.1) is 35.3 Å². The van der Waals surface area contributed by atoms with E-state index in [9.17, 15) is 4.79 Å². The zero-order chi connectivity index (χ0) is 13.4. The van der Waals surface area contributed by atoms with Crippen molar-refractivity contribution in [2.45, 2.75) is 13.0 Å². The molecule has 6 heteroatoms. The second kappa shape index (κ2) is 4.62. The van der Waals surface area contributed by atoms with E-state index in [0.29, 0.717) is 0 Å². The van der Waals surface area contributed by atoms with Gasteiger partial charge >= 0.3 is 5.69 Å². The molecule has 0 bridgehead atoms. The Morgan fingerprint density at radius 1 is 1.32 bits per heavy atom. The molecule has 0 saturated heterocycles. The molecule has 0 aliphatic heterocycles. The van der Waals surface area contributed by atoms with E-state index in [1.165, 1.54) is 0 Å². The lowest BCUT2D eigenvalue weighted by Gasteiger charge is -2.15. The molecule has 3 rings (SSSR count). The van der Waals surface area contributed by atoms with E-state index >= 15 is 0 Å². The van der Waals surface area contributed by atoms with E-state index in [2.05, 4.69) is 31.2 Å². The highest BCUT2D eigenvalue weighted by atomic mass is 79.9. The van der Waals surface area contributed by atoms with Gasteiger partial charge in [0, 0.05) is 10.0 Å². The molecule has 0 amide bonds. The molecule has 0 spiro atoms. The average molecular weight is 322 g/mol. The van der Waals surface area contributed by atoms with Crippen LogP contribution in [0.15, 0.2) is 44.4 Å². The third-order valence-corrected chi connectivity index (χ3v) is 3.67. The molecule has 2 aromatic heterocycles. The Kier molecular flexibility index (Phi) is 2.94. The Morgan fingerprint density at radius 3 is 2.74 bits per heavy atom. The van der Waals surface area contributed by atoms with Crippen molar-refractivity contribution in [1.82, 2.24) is 9.97 Å². The number of hydrogen-bond acceptors (Lipinski definition) is 3. The number of hydrogen-bond donors (Lipinski definition) is 3. The van der Waals surface area contributed by atoms with Crippen LogP contribution >= 0.6 is 15.9 Å². The summed E-state index contributed by atoms with van der Waals surface area (Å²) in [6, 6.07) is 5.80. The molecule has 1 aromatic carbocycles. The van der Waals surface area contributed by atoms with Crippen molar-refractivity contribution >= 4 is 32.7 Å². The largest absolute Gasteiger partial charge is 0.472 e. The van der Waals surface area contributed by atoms with Crippen LogP contribution in [0.4, 0.5) is 5.69 Å². The number of H-pyrrole nitrogens is 2. The lowest BCUT2D eigenvalue weighted by molar-refractivity contribution is 0.562. The maximum Gasteiger partial charge on any atom is 0.323 e. The number of aromatic nitrogens is 2. The molecular formula is C13H12BrN3O2. The molecule has 0 aliphatic carbocycles. The van der Waals surface area contributed by atoms with Crippen LogP contribution in [-0.4, -0.2) is 9.97 Å². The van der Waals surface area contributed by atoms with Gasteiger partial charge < -0.3 is 19.7 Å². The van der Waals surface area contributed by atoms with Crippen LogP contribution < -0.4 is 11.0 Å². The van der Waals surface area contributed by atoms with E-state index < -0.39 is 0 Å². The number of fused-ring (bicyclic) bond motifs is 1. The Balaban J connectivity index is 1.96. The number of benzene rings is 1. The van der Waals surface area contributed by atoms with Gasteiger partial charge in [-0.1, -0.05) is 0 Å². The molecule has 3 N–H and O–H groups in total. The summed E-state index contributed by atoms with van der Waals surface area (Å²) in [6.45, 7) is 2.04. The summed E-state index contributed by atoms with van der Waals surface area (Å²) in [4.78, 5) is 16.7. The monoisotopic (exact) mass is 321 g/mol. The number of aromatic amines is 2. The van der Waals surface area contributed by atoms with E-state index in [1.807, 2.05) is 25.1 Å². The van der Waals surface area contributed by atoms with Gasteiger partial charge in [0.25, 0.3) is 0 Å². The third-order valence-electron chi connectivity index (χ3n) is 3.02. The minimum Gasteiger partial charge on any atom is -0.472 e. The normalized spacial score (nSPS) is 12.7. The highest BCUT2D eigenvalue weighted by Crippen LogP contribution is 2.29. The quantitative estimate of drug-likeness (QED) is 0.692. The molecule has 0 fully saturated rings. The number of imidazole rings is 1. The molecule has 0 aliphatic rings. The summed E-state index contributed by atoms with van der Waals surface area (Å²) in [5.74, 6) is 0. The molecule has 0 saturated carbocycles. The molecule has 0 radical (unpaired) electrons. The van der Waals surface area contributed by atoms with Gasteiger partial charge in [0.2, 0.25) is 0 Å². The van der Waals surface area contributed by atoms with Crippen LogP contribution in [0.1, 0.15) is 18.5 Å². The van der Waals surface area contributed by atoms with Gasteiger partial charge in [-0.25, -0.2) is 4.79 Å². The van der Waals surface area contributed by atoms with Crippen LogP contribution in [-0.2, 0) is 0 Å². The van der Waals surface area contributed by atoms with Crippen LogP contribution in [0, 0.1) is 0 Å². The van der Waals surface area contributed by atoms with Crippen LogP contribution in [0.3, 0.4) is 0 Å². The first-order chi connectivity index (χ1) is 9.13. The minimum atomic E-state index is -0.207. The van der Waals surface area contributed by atoms with E-state index in [0.717, 1.165) is 26.8 Å². The molecular weight excluding hydrogens is 310 g/mol. The van der Waals surface area contributed by atoms with Crippen molar-refractivity contribution in [1.29, 1.82) is 0 Å². The predicted molar refractivity (Wildman–Crippen MR) is 77.4 cm³/mol. The standard InChI is InChI=1S/C13H12BrN3O2/c1-7(8-2-3-19-6-8)15-10-5-12-11(4-9(10)14)16-13(18)17-12/h2-7,15H,1H3,(H2,16,17,18). The summed E-state index contributed by atoms with van der Waals surface area (Å²) in [5.41, 5.74) is 3.32. The van der Waals surface area contributed by atoms with Crippen LogP contribution in [0.5, 0.6) is 0 Å². The topological polar surface area (TPSA) is 73.8 Å². The van der Waals surface area contributed by atoms with E-state index in [1.54, 1.807) is 12.5 Å². The first-order valence-electron chi connectivity index (χ1n) is 5.83. The van der Waals surface area contributed by atoms with Crippen molar-refractivity contribution in [2.75, 3.05) is 5.32 Å². The zero-order valence-corrected chi connectivity index (χ0v) is 11.7. The third kappa shape index (κ3) is 2.31. The van der Waals surface area contributed by atoms with Crippen LogP contribution in [0.2, 0.25) is 0 Å².